The van der Waals surface area contributed by atoms with E-state index < -0.39 is 0 Å². The van der Waals surface area contributed by atoms with Crippen LogP contribution in [-0.2, 0) is 4.79 Å². The van der Waals surface area contributed by atoms with Crippen LogP contribution < -0.4 is 10.6 Å². The van der Waals surface area contributed by atoms with Gasteiger partial charge in [0.25, 0.3) is 5.91 Å². The van der Waals surface area contributed by atoms with Crippen LogP contribution in [0.4, 0.5) is 5.69 Å². The number of hydrogen-bond donors (Lipinski definition) is 2. The Kier molecular flexibility index (Phi) is 7.17. The second-order valence-corrected chi connectivity index (χ2v) is 7.61. The van der Waals surface area contributed by atoms with Gasteiger partial charge in [0.1, 0.15) is 0 Å². The van der Waals surface area contributed by atoms with Gasteiger partial charge in [0.15, 0.2) is 11.6 Å². The lowest BCUT2D eigenvalue weighted by molar-refractivity contribution is -0.114. The van der Waals surface area contributed by atoms with E-state index in [4.69, 9.17) is 0 Å². The molecule has 5 nitrogen and oxygen atoms in total. The number of benzene rings is 2. The highest BCUT2D eigenvalue weighted by atomic mass is 16.1. The predicted molar refractivity (Wildman–Crippen MR) is 119 cm³/mol. The van der Waals surface area contributed by atoms with Crippen molar-refractivity contribution in [1.29, 1.82) is 0 Å². The zero-order valence-corrected chi connectivity index (χ0v) is 17.5. The van der Waals surface area contributed by atoms with E-state index in [1.54, 1.807) is 12.1 Å². The Hall–Kier alpha value is -3.21. The average Bonchev–Trinajstić information content (AvgIpc) is 3.09. The molecule has 1 unspecified atom stereocenters. The maximum Gasteiger partial charge on any atom is 0.251 e. The Morgan fingerprint density at radius 2 is 1.67 bits per heavy atom. The van der Waals surface area contributed by atoms with Crippen LogP contribution in [0, 0.1) is 5.92 Å². The van der Waals surface area contributed by atoms with Crippen LogP contribution in [0.3, 0.4) is 0 Å². The highest BCUT2D eigenvalue weighted by Gasteiger charge is 2.20. The molecule has 0 bridgehead atoms. The highest BCUT2D eigenvalue weighted by molar-refractivity contribution is 5.99. The monoisotopic (exact) mass is 404 g/mol. The van der Waals surface area contributed by atoms with Gasteiger partial charge in [-0.1, -0.05) is 37.3 Å². The molecule has 0 aliphatic heterocycles. The van der Waals surface area contributed by atoms with E-state index in [-0.39, 0.29) is 23.4 Å². The molecule has 1 aliphatic rings. The topological polar surface area (TPSA) is 75.3 Å². The van der Waals surface area contributed by atoms with Crippen molar-refractivity contribution in [3.8, 4) is 0 Å². The number of allylic oxidation sites excluding steroid dienone is 2. The zero-order chi connectivity index (χ0) is 21.5. The van der Waals surface area contributed by atoms with Crippen molar-refractivity contribution in [2.75, 3.05) is 11.9 Å². The second kappa shape index (κ2) is 10.0. The van der Waals surface area contributed by atoms with E-state index >= 15 is 0 Å². The largest absolute Gasteiger partial charge is 0.359 e. The summed E-state index contributed by atoms with van der Waals surface area (Å²) in [4.78, 5) is 36.7. The summed E-state index contributed by atoms with van der Waals surface area (Å²) >= 11 is 0. The summed E-state index contributed by atoms with van der Waals surface area (Å²) < 4.78 is 0. The third kappa shape index (κ3) is 5.23. The van der Waals surface area contributed by atoms with E-state index in [0.717, 1.165) is 29.8 Å². The lowest BCUT2D eigenvalue weighted by atomic mass is 9.92. The number of nitrogens with one attached hydrogen (secondary N) is 2. The summed E-state index contributed by atoms with van der Waals surface area (Å²) in [5.74, 6) is 0.0438. The minimum Gasteiger partial charge on any atom is -0.359 e. The van der Waals surface area contributed by atoms with Crippen LogP contribution >= 0.6 is 0 Å². The van der Waals surface area contributed by atoms with E-state index in [1.165, 1.54) is 0 Å². The van der Waals surface area contributed by atoms with Gasteiger partial charge in [-0.3, -0.25) is 14.4 Å². The van der Waals surface area contributed by atoms with Crippen LogP contribution in [0.15, 0.2) is 65.9 Å². The van der Waals surface area contributed by atoms with Crippen LogP contribution in [0.25, 0.3) is 0 Å². The van der Waals surface area contributed by atoms with Gasteiger partial charge in [-0.25, -0.2) is 0 Å². The average molecular weight is 405 g/mol. The van der Waals surface area contributed by atoms with Gasteiger partial charge in [-0.05, 0) is 50.5 Å². The fourth-order valence-corrected chi connectivity index (χ4v) is 3.64. The summed E-state index contributed by atoms with van der Waals surface area (Å²) in [7, 11) is 0. The molecule has 0 fully saturated rings. The van der Waals surface area contributed by atoms with Gasteiger partial charge in [0.2, 0.25) is 0 Å². The third-order valence-electron chi connectivity index (χ3n) is 5.62. The summed E-state index contributed by atoms with van der Waals surface area (Å²) in [5.41, 5.74) is 3.87. The molecule has 5 heteroatoms. The summed E-state index contributed by atoms with van der Waals surface area (Å²) in [6, 6.07) is 16.5. The Labute approximate surface area is 177 Å². The number of rotatable bonds is 9. The van der Waals surface area contributed by atoms with Crippen molar-refractivity contribution < 1.29 is 14.4 Å². The minimum atomic E-state index is -0.157. The molecule has 156 valence electrons. The first-order chi connectivity index (χ1) is 14.5. The van der Waals surface area contributed by atoms with Crippen molar-refractivity contribution in [1.82, 2.24) is 5.32 Å². The Morgan fingerprint density at radius 3 is 2.27 bits per heavy atom. The van der Waals surface area contributed by atoms with Crippen LogP contribution in [0.1, 0.15) is 60.2 Å². The number of carbonyl (C=O) groups excluding carboxylic acids is 3. The first kappa shape index (κ1) is 21.5. The van der Waals surface area contributed by atoms with Crippen molar-refractivity contribution in [3.63, 3.8) is 0 Å². The standard InChI is InChI=1S/C25H28N2O3/c1-3-18(24(29)19-7-5-4-6-8-19)15-16-26-25(30)20-9-11-21(12-10-20)27-22-13-14-23(28)17(22)2/h4-12,18,27H,3,13-16H2,1-2H3,(H,26,30). The molecular formula is C25H28N2O3. The fourth-order valence-electron chi connectivity index (χ4n) is 3.64. The maximum absolute atomic E-state index is 12.6. The molecular weight excluding hydrogens is 376 g/mol. The quantitative estimate of drug-likeness (QED) is 0.591. The first-order valence-electron chi connectivity index (χ1n) is 10.5. The number of ketones is 2. The van der Waals surface area contributed by atoms with Gasteiger partial charge in [-0.2, -0.15) is 0 Å². The van der Waals surface area contributed by atoms with E-state index in [2.05, 4.69) is 10.6 Å². The minimum absolute atomic E-state index is 0.107. The van der Waals surface area contributed by atoms with Gasteiger partial charge in [-0.15, -0.1) is 0 Å². The maximum atomic E-state index is 12.6. The van der Waals surface area contributed by atoms with Crippen molar-refractivity contribution in [2.45, 2.75) is 39.5 Å². The number of Topliss-reactive ketones (excluding diaryl/α,β-unsaturated/α-hetero) is 2. The molecule has 1 amide bonds. The van der Waals surface area contributed by atoms with Gasteiger partial charge >= 0.3 is 0 Å². The van der Waals surface area contributed by atoms with Crippen LogP contribution in [0.2, 0.25) is 0 Å². The van der Waals surface area contributed by atoms with Crippen molar-refractivity contribution in [2.24, 2.45) is 5.92 Å². The number of amides is 1. The van der Waals surface area contributed by atoms with E-state index in [1.807, 2.05) is 56.3 Å². The number of hydrogen-bond acceptors (Lipinski definition) is 4. The van der Waals surface area contributed by atoms with E-state index in [9.17, 15) is 14.4 Å². The zero-order valence-electron chi connectivity index (χ0n) is 17.5. The molecule has 2 N–H and O–H groups in total. The first-order valence-corrected chi connectivity index (χ1v) is 10.5. The molecule has 30 heavy (non-hydrogen) atoms. The molecule has 0 saturated heterocycles. The number of anilines is 1. The molecule has 0 saturated carbocycles. The predicted octanol–water partition coefficient (Wildman–Crippen LogP) is 4.76. The van der Waals surface area contributed by atoms with Gasteiger partial charge in [0, 0.05) is 47.0 Å². The Balaban J connectivity index is 1.51. The Bertz CT molecular complexity index is 946. The SMILES string of the molecule is CCC(CCNC(=O)c1ccc(NC2=C(C)C(=O)CC2)cc1)C(=O)c1ccccc1. The van der Waals surface area contributed by atoms with Crippen LogP contribution in [-0.4, -0.2) is 24.0 Å². The molecule has 3 rings (SSSR count). The lowest BCUT2D eigenvalue weighted by Gasteiger charge is -2.14. The lowest BCUT2D eigenvalue weighted by Crippen LogP contribution is -2.27. The molecule has 0 heterocycles. The highest BCUT2D eigenvalue weighted by Crippen LogP contribution is 2.24. The second-order valence-electron chi connectivity index (χ2n) is 7.61. The number of carbonyl (C=O) groups is 3. The van der Waals surface area contributed by atoms with Gasteiger partial charge < -0.3 is 10.6 Å². The molecule has 0 spiro atoms. The molecule has 0 radical (unpaired) electrons. The molecule has 2 aromatic carbocycles. The summed E-state index contributed by atoms with van der Waals surface area (Å²) in [6.45, 7) is 4.28. The summed E-state index contributed by atoms with van der Waals surface area (Å²) in [6.07, 6.45) is 2.63. The fraction of sp³-hybridized carbons (Fsp3) is 0.320. The molecule has 2 aromatic rings. The molecule has 1 aliphatic carbocycles. The van der Waals surface area contributed by atoms with Crippen LogP contribution in [0.5, 0.6) is 0 Å². The normalized spacial score (nSPS) is 14.5. The summed E-state index contributed by atoms with van der Waals surface area (Å²) in [5, 5.41) is 6.18. The van der Waals surface area contributed by atoms with Gasteiger partial charge in [0.05, 0.1) is 0 Å². The molecule has 0 aromatic heterocycles. The Morgan fingerprint density at radius 1 is 0.967 bits per heavy atom. The van der Waals surface area contributed by atoms with Crippen molar-refractivity contribution >= 4 is 23.2 Å². The molecule has 1 atom stereocenters. The van der Waals surface area contributed by atoms with E-state index in [0.29, 0.717) is 30.5 Å². The third-order valence-corrected chi connectivity index (χ3v) is 5.62. The smallest absolute Gasteiger partial charge is 0.251 e. The van der Waals surface area contributed by atoms with Crippen molar-refractivity contribution in [3.05, 3.63) is 77.0 Å².